The van der Waals surface area contributed by atoms with E-state index in [1.165, 1.54) is 12.8 Å². The molecule has 40 heavy (non-hydrogen) atoms. The summed E-state index contributed by atoms with van der Waals surface area (Å²) in [6.45, 7) is 22.3. The van der Waals surface area contributed by atoms with Crippen LogP contribution in [0.2, 0.25) is 0 Å². The van der Waals surface area contributed by atoms with E-state index in [-0.39, 0.29) is 45.8 Å². The van der Waals surface area contributed by atoms with Gasteiger partial charge < -0.3 is 4.74 Å². The minimum atomic E-state index is -3.83. The van der Waals surface area contributed by atoms with Gasteiger partial charge >= 0.3 is 5.97 Å². The second-order valence-electron chi connectivity index (χ2n) is 15.8. The van der Waals surface area contributed by atoms with E-state index >= 15 is 0 Å². The van der Waals surface area contributed by atoms with Gasteiger partial charge in [0, 0.05) is 17.3 Å². The Hall–Kier alpha value is -1.44. The van der Waals surface area contributed by atoms with Crippen LogP contribution in [0.3, 0.4) is 0 Å². The minimum absolute atomic E-state index is 0.0143. The molecular formula is C32H55NO6S. The van der Waals surface area contributed by atoms with E-state index in [1.54, 1.807) is 13.8 Å². The Balaban J connectivity index is 0.000000225. The zero-order valence-corrected chi connectivity index (χ0v) is 27.8. The van der Waals surface area contributed by atoms with Crippen LogP contribution in [0.15, 0.2) is 0 Å². The quantitative estimate of drug-likeness (QED) is 0.331. The molecule has 8 heteroatoms. The molecule has 1 amide bonds. The number of fused-ring (bicyclic) bond motifs is 4. The first kappa shape index (κ1) is 33.1. The molecule has 1 N–H and O–H groups in total. The molecule has 0 heterocycles. The van der Waals surface area contributed by atoms with Crippen LogP contribution in [0.5, 0.6) is 0 Å². The monoisotopic (exact) mass is 581 g/mol. The Bertz CT molecular complexity index is 1140. The van der Waals surface area contributed by atoms with Crippen molar-refractivity contribution in [3.8, 4) is 0 Å². The van der Waals surface area contributed by atoms with Crippen LogP contribution in [0.4, 0.5) is 0 Å². The maximum Gasteiger partial charge on any atom is 0.311 e. The Morgan fingerprint density at radius 3 is 1.85 bits per heavy atom. The summed E-state index contributed by atoms with van der Waals surface area (Å²) in [5.41, 5.74) is -1.74. The van der Waals surface area contributed by atoms with Crippen molar-refractivity contribution in [3.05, 3.63) is 0 Å². The maximum absolute atomic E-state index is 12.5. The van der Waals surface area contributed by atoms with Crippen LogP contribution in [-0.2, 0) is 29.1 Å². The average molecular weight is 582 g/mol. The van der Waals surface area contributed by atoms with Gasteiger partial charge in [-0.2, -0.15) is 0 Å². The molecule has 0 aromatic carbocycles. The summed E-state index contributed by atoms with van der Waals surface area (Å²) in [6, 6.07) is 0. The number of hydrogen-bond acceptors (Lipinski definition) is 6. The standard InChI is InChI=1S/C16H27NO4S.C16H28O2/c1-6-14(2,3)13(19)17-22(20,21)10-16-8-7-11(9-12(16)18)15(16,4)5;1-7-14(2,3)13(17)18-12-10-11-8-9-16(12,6)15(11,4)5/h11H,6-10H2,1-5H3,(H,17,19);11-12H,7-10H2,1-6H3. The van der Waals surface area contributed by atoms with Crippen molar-refractivity contribution in [2.75, 3.05) is 5.75 Å². The number of Topliss-reactive ketones (excluding diaryl/α,β-unsaturated/α-hetero) is 1. The zero-order valence-electron chi connectivity index (χ0n) is 27.0. The van der Waals surface area contributed by atoms with Gasteiger partial charge in [0.15, 0.2) is 0 Å². The maximum atomic E-state index is 12.5. The molecule has 0 aromatic heterocycles. The van der Waals surface area contributed by atoms with Crippen molar-refractivity contribution < 1.29 is 27.5 Å². The lowest BCUT2D eigenvalue weighted by Crippen LogP contribution is -2.48. The SMILES string of the molecule is CCC(C)(C)C(=O)NS(=O)(=O)CC12CCC(CC1=O)C2(C)C.CCC(C)(C)C(=O)OC1CC2CCC1(C)C2(C)C. The molecule has 4 saturated carbocycles. The summed E-state index contributed by atoms with van der Waals surface area (Å²) in [6.07, 6.45) is 7.05. The predicted molar refractivity (Wildman–Crippen MR) is 158 cm³/mol. The molecule has 5 atom stereocenters. The van der Waals surface area contributed by atoms with Crippen molar-refractivity contribution in [1.29, 1.82) is 0 Å². The summed E-state index contributed by atoms with van der Waals surface area (Å²) in [5, 5.41) is 0. The largest absolute Gasteiger partial charge is 0.461 e. The van der Waals surface area contributed by atoms with Gasteiger partial charge in [0.25, 0.3) is 0 Å². The predicted octanol–water partition coefficient (Wildman–Crippen LogP) is 6.44. The smallest absolute Gasteiger partial charge is 0.311 e. The first-order chi connectivity index (χ1) is 18.0. The summed E-state index contributed by atoms with van der Waals surface area (Å²) >= 11 is 0. The summed E-state index contributed by atoms with van der Waals surface area (Å²) < 4.78 is 33.1. The van der Waals surface area contributed by atoms with Crippen LogP contribution in [0, 0.1) is 44.3 Å². The molecule has 4 fully saturated rings. The number of carbonyl (C=O) groups excluding carboxylic acids is 3. The van der Waals surface area contributed by atoms with E-state index in [2.05, 4.69) is 25.5 Å². The lowest BCUT2D eigenvalue weighted by molar-refractivity contribution is -0.167. The van der Waals surface area contributed by atoms with Gasteiger partial charge in [-0.25, -0.2) is 8.42 Å². The normalized spacial score (nSPS) is 33.9. The highest BCUT2D eigenvalue weighted by atomic mass is 32.2. The van der Waals surface area contributed by atoms with E-state index in [0.717, 1.165) is 25.2 Å². The third-order valence-corrected chi connectivity index (χ3v) is 14.1. The number of amides is 1. The van der Waals surface area contributed by atoms with Gasteiger partial charge in [0.2, 0.25) is 15.9 Å². The molecule has 4 rings (SSSR count). The Labute approximate surface area is 243 Å². The first-order valence-electron chi connectivity index (χ1n) is 15.3. The van der Waals surface area contributed by atoms with Gasteiger partial charge in [0.05, 0.1) is 16.6 Å². The topological polar surface area (TPSA) is 107 Å². The van der Waals surface area contributed by atoms with Crippen molar-refractivity contribution in [1.82, 2.24) is 4.72 Å². The number of esters is 1. The molecule has 0 spiro atoms. The highest BCUT2D eigenvalue weighted by Crippen LogP contribution is 2.66. The van der Waals surface area contributed by atoms with Gasteiger partial charge in [-0.3, -0.25) is 19.1 Å². The van der Waals surface area contributed by atoms with Crippen molar-refractivity contribution in [2.24, 2.45) is 44.3 Å². The number of rotatable bonds is 8. The molecule has 230 valence electrons. The van der Waals surface area contributed by atoms with Crippen LogP contribution in [0.1, 0.15) is 128 Å². The second kappa shape index (κ2) is 10.4. The van der Waals surface area contributed by atoms with E-state index in [4.69, 9.17) is 4.74 Å². The molecule has 0 aromatic rings. The highest BCUT2D eigenvalue weighted by Gasteiger charge is 2.65. The number of nitrogens with one attached hydrogen (secondary N) is 1. The molecule has 5 unspecified atom stereocenters. The van der Waals surface area contributed by atoms with Crippen molar-refractivity contribution in [3.63, 3.8) is 0 Å². The summed E-state index contributed by atoms with van der Waals surface area (Å²) in [4.78, 5) is 36.8. The van der Waals surface area contributed by atoms with Crippen LogP contribution < -0.4 is 4.72 Å². The fourth-order valence-electron chi connectivity index (χ4n) is 7.65. The zero-order chi connectivity index (χ0) is 30.7. The highest BCUT2D eigenvalue weighted by molar-refractivity contribution is 7.90. The lowest BCUT2D eigenvalue weighted by Gasteiger charge is -2.39. The molecule has 4 aliphatic carbocycles. The fraction of sp³-hybridized carbons (Fsp3) is 0.906. The van der Waals surface area contributed by atoms with E-state index < -0.39 is 26.8 Å². The fourth-order valence-corrected chi connectivity index (χ4v) is 9.61. The lowest BCUT2D eigenvalue weighted by atomic mass is 9.70. The number of carbonyl (C=O) groups is 3. The number of ether oxygens (including phenoxy) is 1. The van der Waals surface area contributed by atoms with Crippen LogP contribution in [0.25, 0.3) is 0 Å². The molecule has 7 nitrogen and oxygen atoms in total. The van der Waals surface area contributed by atoms with Crippen molar-refractivity contribution in [2.45, 2.75) is 134 Å². The Morgan fingerprint density at radius 1 is 0.900 bits per heavy atom. The number of sulfonamides is 1. The molecule has 4 bridgehead atoms. The number of hydrogen-bond donors (Lipinski definition) is 1. The van der Waals surface area contributed by atoms with Gasteiger partial charge in [-0.1, -0.05) is 62.3 Å². The Morgan fingerprint density at radius 2 is 1.45 bits per heavy atom. The minimum Gasteiger partial charge on any atom is -0.461 e. The molecule has 4 aliphatic rings. The van der Waals surface area contributed by atoms with E-state index in [9.17, 15) is 22.8 Å². The van der Waals surface area contributed by atoms with Gasteiger partial charge in [-0.05, 0) is 81.5 Å². The molecule has 0 aliphatic heterocycles. The average Bonchev–Trinajstić information content (AvgIpc) is 3.36. The first-order valence-corrected chi connectivity index (χ1v) is 17.0. The van der Waals surface area contributed by atoms with E-state index in [1.807, 2.05) is 41.5 Å². The van der Waals surface area contributed by atoms with E-state index in [0.29, 0.717) is 24.7 Å². The second-order valence-corrected chi connectivity index (χ2v) is 17.6. The van der Waals surface area contributed by atoms with Crippen molar-refractivity contribution >= 4 is 27.7 Å². The Kier molecular flexibility index (Phi) is 8.58. The number of ketones is 1. The van der Waals surface area contributed by atoms with Gasteiger partial charge in [-0.15, -0.1) is 0 Å². The summed E-state index contributed by atoms with van der Waals surface area (Å²) in [5.74, 6) is 0.251. The molecule has 0 radical (unpaired) electrons. The third kappa shape index (κ3) is 5.28. The molecular weight excluding hydrogens is 526 g/mol. The molecule has 0 saturated heterocycles. The van der Waals surface area contributed by atoms with Gasteiger partial charge in [0.1, 0.15) is 11.9 Å². The summed E-state index contributed by atoms with van der Waals surface area (Å²) in [7, 11) is -3.83. The van der Waals surface area contributed by atoms with Crippen LogP contribution >= 0.6 is 0 Å². The third-order valence-electron chi connectivity index (χ3n) is 12.7. The van der Waals surface area contributed by atoms with Crippen LogP contribution in [-0.4, -0.2) is 37.9 Å².